The molecule has 0 radical (unpaired) electrons. The molecule has 1 N–H and O–H groups in total. The van der Waals surface area contributed by atoms with E-state index in [9.17, 15) is 13.6 Å². The molecule has 32 heavy (non-hydrogen) atoms. The van der Waals surface area contributed by atoms with Gasteiger partial charge in [0.05, 0.1) is 6.54 Å². The Hall–Kier alpha value is -3.13. The van der Waals surface area contributed by atoms with Gasteiger partial charge in [0.25, 0.3) is 5.91 Å². The molecular weight excluding hydrogens is 412 g/mol. The van der Waals surface area contributed by atoms with Crippen molar-refractivity contribution in [3.8, 4) is 0 Å². The minimum atomic E-state index is -0.886. The molecule has 2 aromatic carbocycles. The Kier molecular flexibility index (Phi) is 6.90. The first kappa shape index (κ1) is 22.1. The lowest BCUT2D eigenvalue weighted by Gasteiger charge is -2.22. The Balaban J connectivity index is 1.33. The smallest absolute Gasteiger partial charge is 0.257 e. The van der Waals surface area contributed by atoms with E-state index in [4.69, 9.17) is 0 Å². The monoisotopic (exact) mass is 439 g/mol. The zero-order valence-electron chi connectivity index (χ0n) is 18.1. The number of nitrogens with one attached hydrogen (secondary N) is 1. The summed E-state index contributed by atoms with van der Waals surface area (Å²) in [5.74, 6) is -0.633. The van der Waals surface area contributed by atoms with Crippen LogP contribution < -0.4 is 5.32 Å². The molecule has 168 valence electrons. The first-order valence-corrected chi connectivity index (χ1v) is 10.9. The van der Waals surface area contributed by atoms with E-state index in [1.165, 1.54) is 11.6 Å². The second-order valence-corrected chi connectivity index (χ2v) is 8.16. The van der Waals surface area contributed by atoms with Gasteiger partial charge in [0.1, 0.15) is 23.0 Å². The maximum Gasteiger partial charge on any atom is 0.257 e. The molecule has 1 aliphatic heterocycles. The van der Waals surface area contributed by atoms with Gasteiger partial charge in [0.2, 0.25) is 0 Å². The minimum Gasteiger partial charge on any atom is -0.345 e. The van der Waals surface area contributed by atoms with E-state index in [2.05, 4.69) is 51.6 Å². The minimum absolute atomic E-state index is 0.0602. The Labute approximate surface area is 186 Å². The number of rotatable bonds is 7. The third-order valence-corrected chi connectivity index (χ3v) is 6.04. The van der Waals surface area contributed by atoms with Crippen molar-refractivity contribution in [1.82, 2.24) is 25.0 Å². The van der Waals surface area contributed by atoms with E-state index in [-0.39, 0.29) is 6.54 Å². The molecule has 4 rings (SSSR count). The molecule has 1 amide bonds. The lowest BCUT2D eigenvalue weighted by Crippen LogP contribution is -2.30. The van der Waals surface area contributed by atoms with Crippen molar-refractivity contribution in [3.05, 3.63) is 82.9 Å². The number of nitrogens with zero attached hydrogens (tertiary/aromatic N) is 4. The van der Waals surface area contributed by atoms with E-state index in [1.54, 1.807) is 0 Å². The highest BCUT2D eigenvalue weighted by Gasteiger charge is 2.21. The van der Waals surface area contributed by atoms with E-state index < -0.39 is 23.1 Å². The van der Waals surface area contributed by atoms with Crippen LogP contribution in [0.1, 0.15) is 46.8 Å². The number of carbonyl (C=O) groups excluding carboxylic acids is 1. The highest BCUT2D eigenvalue weighted by atomic mass is 19.1. The molecule has 0 aliphatic carbocycles. The van der Waals surface area contributed by atoms with Crippen molar-refractivity contribution < 1.29 is 13.6 Å². The van der Waals surface area contributed by atoms with Gasteiger partial charge in [0.15, 0.2) is 5.82 Å². The fourth-order valence-corrected chi connectivity index (χ4v) is 4.07. The molecule has 0 saturated carbocycles. The van der Waals surface area contributed by atoms with Crippen LogP contribution in [0.5, 0.6) is 0 Å². The Morgan fingerprint density at radius 3 is 2.53 bits per heavy atom. The third-order valence-electron chi connectivity index (χ3n) is 6.04. The Morgan fingerprint density at radius 1 is 1.03 bits per heavy atom. The molecule has 0 spiro atoms. The van der Waals surface area contributed by atoms with Crippen LogP contribution in [0, 0.1) is 11.6 Å². The van der Waals surface area contributed by atoms with Gasteiger partial charge >= 0.3 is 0 Å². The van der Waals surface area contributed by atoms with E-state index in [0.29, 0.717) is 18.3 Å². The highest BCUT2D eigenvalue weighted by Crippen LogP contribution is 2.20. The van der Waals surface area contributed by atoms with Crippen LogP contribution >= 0.6 is 0 Å². The molecule has 0 bridgehead atoms. The molecule has 2 heterocycles. The first-order valence-electron chi connectivity index (χ1n) is 10.9. The second-order valence-electron chi connectivity index (χ2n) is 8.16. The molecule has 1 atom stereocenters. The van der Waals surface area contributed by atoms with Crippen LogP contribution in [0.2, 0.25) is 0 Å². The van der Waals surface area contributed by atoms with Crippen molar-refractivity contribution >= 4 is 5.91 Å². The van der Waals surface area contributed by atoms with Crippen LogP contribution in [-0.2, 0) is 19.5 Å². The summed E-state index contributed by atoms with van der Waals surface area (Å²) in [5, 5.41) is 11.0. The molecule has 1 aliphatic rings. The Bertz CT molecular complexity index is 1050. The number of hydrogen-bond donors (Lipinski definition) is 1. The number of carbonyl (C=O) groups is 1. The van der Waals surface area contributed by atoms with Crippen LogP contribution in [0.4, 0.5) is 8.78 Å². The molecule has 0 fully saturated rings. The zero-order valence-corrected chi connectivity index (χ0v) is 18.1. The lowest BCUT2D eigenvalue weighted by atomic mass is 9.98. The SMILES string of the molecule is CC(CCN1CCc2nnc(CNC(=O)c3c(F)cccc3F)n2CC1)c1ccccc1. The number of hydrogen-bond acceptors (Lipinski definition) is 4. The predicted molar refractivity (Wildman–Crippen MR) is 117 cm³/mol. The summed E-state index contributed by atoms with van der Waals surface area (Å²) in [5.41, 5.74) is 0.769. The van der Waals surface area contributed by atoms with Crippen LogP contribution in [-0.4, -0.2) is 45.2 Å². The lowest BCUT2D eigenvalue weighted by molar-refractivity contribution is 0.0941. The molecule has 1 aromatic heterocycles. The molecule has 0 saturated heterocycles. The van der Waals surface area contributed by atoms with Crippen LogP contribution in [0.15, 0.2) is 48.5 Å². The fraction of sp³-hybridized carbons (Fsp3) is 0.375. The van der Waals surface area contributed by atoms with Crippen molar-refractivity contribution in [3.63, 3.8) is 0 Å². The number of amides is 1. The summed E-state index contributed by atoms with van der Waals surface area (Å²) in [6, 6.07) is 13.9. The van der Waals surface area contributed by atoms with Crippen LogP contribution in [0.3, 0.4) is 0 Å². The van der Waals surface area contributed by atoms with Gasteiger partial charge in [-0.25, -0.2) is 8.78 Å². The third kappa shape index (κ3) is 5.02. The zero-order chi connectivity index (χ0) is 22.5. The van der Waals surface area contributed by atoms with E-state index in [1.807, 2.05) is 10.6 Å². The van der Waals surface area contributed by atoms with Gasteiger partial charge in [-0.1, -0.05) is 43.3 Å². The highest BCUT2D eigenvalue weighted by molar-refractivity contribution is 5.94. The van der Waals surface area contributed by atoms with Gasteiger partial charge in [-0.3, -0.25) is 4.79 Å². The maximum atomic E-state index is 13.8. The summed E-state index contributed by atoms with van der Waals surface area (Å²) in [4.78, 5) is 14.7. The summed E-state index contributed by atoms with van der Waals surface area (Å²) >= 11 is 0. The number of fused-ring (bicyclic) bond motifs is 1. The molecule has 8 heteroatoms. The average molecular weight is 440 g/mol. The summed E-state index contributed by atoms with van der Waals surface area (Å²) in [7, 11) is 0. The van der Waals surface area contributed by atoms with Crippen molar-refractivity contribution in [1.29, 1.82) is 0 Å². The van der Waals surface area contributed by atoms with Gasteiger partial charge in [0, 0.05) is 26.1 Å². The number of halogens is 2. The van der Waals surface area contributed by atoms with Crippen molar-refractivity contribution in [2.24, 2.45) is 0 Å². The van der Waals surface area contributed by atoms with Crippen molar-refractivity contribution in [2.75, 3.05) is 19.6 Å². The largest absolute Gasteiger partial charge is 0.345 e. The van der Waals surface area contributed by atoms with Gasteiger partial charge in [-0.15, -0.1) is 10.2 Å². The first-order chi connectivity index (χ1) is 15.5. The Morgan fingerprint density at radius 2 is 1.78 bits per heavy atom. The molecular formula is C24H27F2N5O. The van der Waals surface area contributed by atoms with Crippen LogP contribution in [0.25, 0.3) is 0 Å². The molecule has 6 nitrogen and oxygen atoms in total. The van der Waals surface area contributed by atoms with Crippen molar-refractivity contribution in [2.45, 2.75) is 38.8 Å². The maximum absolute atomic E-state index is 13.8. The normalized spacial score (nSPS) is 15.1. The summed E-state index contributed by atoms with van der Waals surface area (Å²) in [6.07, 6.45) is 1.84. The van der Waals surface area contributed by atoms with Gasteiger partial charge in [-0.2, -0.15) is 0 Å². The van der Waals surface area contributed by atoms with E-state index in [0.717, 1.165) is 50.4 Å². The standard InChI is InChI=1S/C24H27F2N5O/c1-17(18-6-3-2-4-7-18)10-12-30-13-11-21-28-29-22(31(21)15-14-30)16-27-24(32)23-19(25)8-5-9-20(23)26/h2-9,17H,10-16H2,1H3,(H,27,32). The average Bonchev–Trinajstić information content (AvgIpc) is 3.07. The molecule has 3 aromatic rings. The summed E-state index contributed by atoms with van der Waals surface area (Å²) in [6.45, 7) is 5.77. The summed E-state index contributed by atoms with van der Waals surface area (Å²) < 4.78 is 29.7. The second kappa shape index (κ2) is 9.99. The molecule has 1 unspecified atom stereocenters. The quantitative estimate of drug-likeness (QED) is 0.612. The number of benzene rings is 2. The predicted octanol–water partition coefficient (Wildman–Crippen LogP) is 3.54. The van der Waals surface area contributed by atoms with Gasteiger partial charge < -0.3 is 14.8 Å². The number of aromatic nitrogens is 3. The van der Waals surface area contributed by atoms with E-state index >= 15 is 0 Å². The fourth-order valence-electron chi connectivity index (χ4n) is 4.07. The van der Waals surface area contributed by atoms with Gasteiger partial charge in [-0.05, 0) is 36.6 Å². The topological polar surface area (TPSA) is 63.1 Å².